The van der Waals surface area contributed by atoms with Crippen LogP contribution in [0.3, 0.4) is 0 Å². The van der Waals surface area contributed by atoms with Gasteiger partial charge in [0.05, 0.1) is 18.7 Å². The standard InChI is InChI=1S/C9H12N4/c1-8(6-10)13-5-4-12-3-2-11-9(12)7-13/h2-3,8H,4-5,7H2,1H3. The van der Waals surface area contributed by atoms with Gasteiger partial charge in [-0.3, -0.25) is 4.90 Å². The molecule has 0 saturated heterocycles. The second-order valence-corrected chi connectivity index (χ2v) is 3.31. The summed E-state index contributed by atoms with van der Waals surface area (Å²) >= 11 is 0. The van der Waals surface area contributed by atoms with Crippen LogP contribution in [-0.2, 0) is 13.1 Å². The van der Waals surface area contributed by atoms with Crippen LogP contribution in [0, 0.1) is 11.3 Å². The quantitative estimate of drug-likeness (QED) is 0.629. The zero-order valence-corrected chi connectivity index (χ0v) is 7.64. The van der Waals surface area contributed by atoms with Gasteiger partial charge in [-0.15, -0.1) is 0 Å². The molecule has 4 nitrogen and oxygen atoms in total. The van der Waals surface area contributed by atoms with Crippen LogP contribution in [0.1, 0.15) is 12.7 Å². The third-order valence-corrected chi connectivity index (χ3v) is 2.51. The van der Waals surface area contributed by atoms with E-state index < -0.39 is 0 Å². The number of hydrogen-bond acceptors (Lipinski definition) is 3. The second kappa shape index (κ2) is 3.19. The second-order valence-electron chi connectivity index (χ2n) is 3.31. The molecule has 0 fully saturated rings. The summed E-state index contributed by atoms with van der Waals surface area (Å²) < 4.78 is 2.14. The van der Waals surface area contributed by atoms with Crippen LogP contribution in [0.4, 0.5) is 0 Å². The van der Waals surface area contributed by atoms with Crippen molar-refractivity contribution >= 4 is 0 Å². The van der Waals surface area contributed by atoms with Crippen molar-refractivity contribution in [3.8, 4) is 6.07 Å². The van der Waals surface area contributed by atoms with E-state index in [1.165, 1.54) is 0 Å². The minimum Gasteiger partial charge on any atom is -0.333 e. The molecule has 0 aliphatic carbocycles. The Kier molecular flexibility index (Phi) is 2.03. The maximum absolute atomic E-state index is 8.77. The molecule has 13 heavy (non-hydrogen) atoms. The summed E-state index contributed by atoms with van der Waals surface area (Å²) in [6, 6.07) is 2.24. The lowest BCUT2D eigenvalue weighted by Crippen LogP contribution is -2.38. The van der Waals surface area contributed by atoms with Crippen molar-refractivity contribution in [2.75, 3.05) is 6.54 Å². The van der Waals surface area contributed by atoms with Crippen molar-refractivity contribution in [1.82, 2.24) is 14.5 Å². The molecule has 0 N–H and O–H groups in total. The molecule has 1 aromatic heterocycles. The third-order valence-electron chi connectivity index (χ3n) is 2.51. The summed E-state index contributed by atoms with van der Waals surface area (Å²) in [7, 11) is 0. The van der Waals surface area contributed by atoms with E-state index in [0.717, 1.165) is 25.5 Å². The molecule has 1 unspecified atom stereocenters. The predicted molar refractivity (Wildman–Crippen MR) is 47.7 cm³/mol. The topological polar surface area (TPSA) is 44.9 Å². The van der Waals surface area contributed by atoms with Crippen LogP contribution in [-0.4, -0.2) is 27.0 Å². The van der Waals surface area contributed by atoms with E-state index in [0.29, 0.717) is 0 Å². The summed E-state index contributed by atoms with van der Waals surface area (Å²) in [4.78, 5) is 6.38. The molecule has 0 saturated carbocycles. The fourth-order valence-electron chi connectivity index (χ4n) is 1.60. The van der Waals surface area contributed by atoms with Gasteiger partial charge in [-0.1, -0.05) is 0 Å². The van der Waals surface area contributed by atoms with E-state index in [2.05, 4.69) is 20.5 Å². The minimum absolute atomic E-state index is 0.00884. The number of nitrogens with zero attached hydrogens (tertiary/aromatic N) is 4. The first-order chi connectivity index (χ1) is 6.31. The molecule has 1 aliphatic heterocycles. The van der Waals surface area contributed by atoms with E-state index in [9.17, 15) is 0 Å². The molecule has 1 aromatic rings. The molecule has 68 valence electrons. The minimum atomic E-state index is -0.00884. The first-order valence-electron chi connectivity index (χ1n) is 4.45. The molecule has 0 radical (unpaired) electrons. The lowest BCUT2D eigenvalue weighted by atomic mass is 10.2. The van der Waals surface area contributed by atoms with Crippen molar-refractivity contribution in [2.24, 2.45) is 0 Å². The van der Waals surface area contributed by atoms with Gasteiger partial charge in [-0.05, 0) is 6.92 Å². The Balaban J connectivity index is 2.14. The Morgan fingerprint density at radius 3 is 3.23 bits per heavy atom. The van der Waals surface area contributed by atoms with Gasteiger partial charge in [-0.25, -0.2) is 4.98 Å². The predicted octanol–water partition coefficient (Wildman–Crippen LogP) is 0.611. The van der Waals surface area contributed by atoms with Crippen molar-refractivity contribution in [1.29, 1.82) is 5.26 Å². The summed E-state index contributed by atoms with van der Waals surface area (Å²) in [6.07, 6.45) is 3.81. The van der Waals surface area contributed by atoms with Gasteiger partial charge in [0.15, 0.2) is 0 Å². The van der Waals surface area contributed by atoms with E-state index in [-0.39, 0.29) is 6.04 Å². The summed E-state index contributed by atoms with van der Waals surface area (Å²) in [6.45, 7) is 4.61. The fourth-order valence-corrected chi connectivity index (χ4v) is 1.60. The van der Waals surface area contributed by atoms with E-state index >= 15 is 0 Å². The number of aromatic nitrogens is 2. The first kappa shape index (κ1) is 8.27. The first-order valence-corrected chi connectivity index (χ1v) is 4.45. The summed E-state index contributed by atoms with van der Waals surface area (Å²) in [5.41, 5.74) is 0. The maximum Gasteiger partial charge on any atom is 0.122 e. The van der Waals surface area contributed by atoms with Gasteiger partial charge in [0.1, 0.15) is 5.82 Å². The van der Waals surface area contributed by atoms with Crippen LogP contribution in [0.15, 0.2) is 12.4 Å². The van der Waals surface area contributed by atoms with Crippen LogP contribution < -0.4 is 0 Å². The average Bonchev–Trinajstić information content (AvgIpc) is 2.63. The smallest absolute Gasteiger partial charge is 0.122 e. The molecule has 0 aromatic carbocycles. The fraction of sp³-hybridized carbons (Fsp3) is 0.556. The molecule has 1 atom stereocenters. The van der Waals surface area contributed by atoms with Gasteiger partial charge >= 0.3 is 0 Å². The van der Waals surface area contributed by atoms with Gasteiger partial charge < -0.3 is 4.57 Å². The molecule has 2 heterocycles. The largest absolute Gasteiger partial charge is 0.333 e. The van der Waals surface area contributed by atoms with Crippen LogP contribution in [0.25, 0.3) is 0 Å². The van der Waals surface area contributed by atoms with Gasteiger partial charge in [0, 0.05) is 25.5 Å². The highest BCUT2D eigenvalue weighted by atomic mass is 15.2. The zero-order valence-electron chi connectivity index (χ0n) is 7.64. The van der Waals surface area contributed by atoms with Crippen LogP contribution >= 0.6 is 0 Å². The van der Waals surface area contributed by atoms with Crippen molar-refractivity contribution in [3.63, 3.8) is 0 Å². The van der Waals surface area contributed by atoms with Gasteiger partial charge in [-0.2, -0.15) is 5.26 Å². The Hall–Kier alpha value is -1.34. The lowest BCUT2D eigenvalue weighted by Gasteiger charge is -2.29. The molecular weight excluding hydrogens is 164 g/mol. The SMILES string of the molecule is CC(C#N)N1CCn2ccnc2C1. The third kappa shape index (κ3) is 1.43. The Labute approximate surface area is 77.4 Å². The zero-order chi connectivity index (χ0) is 9.26. The summed E-state index contributed by atoms with van der Waals surface area (Å²) in [5.74, 6) is 1.06. The Morgan fingerprint density at radius 1 is 1.62 bits per heavy atom. The highest BCUT2D eigenvalue weighted by Gasteiger charge is 2.20. The maximum atomic E-state index is 8.77. The monoisotopic (exact) mass is 176 g/mol. The van der Waals surface area contributed by atoms with Crippen molar-refractivity contribution in [3.05, 3.63) is 18.2 Å². The number of hydrogen-bond donors (Lipinski definition) is 0. The normalized spacial score (nSPS) is 19.1. The number of nitriles is 1. The Bertz CT molecular complexity index is 336. The molecule has 1 aliphatic rings. The molecule has 0 bridgehead atoms. The lowest BCUT2D eigenvalue weighted by molar-refractivity contribution is 0.193. The number of imidazole rings is 1. The molecular formula is C9H12N4. The van der Waals surface area contributed by atoms with Gasteiger partial charge in [0.25, 0.3) is 0 Å². The molecule has 0 spiro atoms. The molecule has 2 rings (SSSR count). The average molecular weight is 176 g/mol. The van der Waals surface area contributed by atoms with Crippen molar-refractivity contribution < 1.29 is 0 Å². The van der Waals surface area contributed by atoms with Crippen molar-refractivity contribution in [2.45, 2.75) is 26.1 Å². The van der Waals surface area contributed by atoms with E-state index in [1.807, 2.05) is 19.3 Å². The molecule has 0 amide bonds. The molecule has 4 heteroatoms. The number of fused-ring (bicyclic) bond motifs is 1. The van der Waals surface area contributed by atoms with Crippen LogP contribution in [0.5, 0.6) is 0 Å². The highest BCUT2D eigenvalue weighted by molar-refractivity contribution is 4.99. The summed E-state index contributed by atoms with van der Waals surface area (Å²) in [5, 5.41) is 8.77. The van der Waals surface area contributed by atoms with Gasteiger partial charge in [0.2, 0.25) is 0 Å². The van der Waals surface area contributed by atoms with Crippen LogP contribution in [0.2, 0.25) is 0 Å². The Morgan fingerprint density at radius 2 is 2.46 bits per heavy atom. The highest BCUT2D eigenvalue weighted by Crippen LogP contribution is 2.12. The number of rotatable bonds is 1. The van der Waals surface area contributed by atoms with E-state index in [1.54, 1.807) is 0 Å². The van der Waals surface area contributed by atoms with E-state index in [4.69, 9.17) is 5.26 Å².